The third kappa shape index (κ3) is 1.80. The molecule has 1 aliphatic rings. The summed E-state index contributed by atoms with van der Waals surface area (Å²) in [5, 5.41) is 0. The molecule has 64 valence electrons. The Balaban J connectivity index is 2.49. The fourth-order valence-electron chi connectivity index (χ4n) is 2.01. The zero-order valence-electron chi connectivity index (χ0n) is 7.18. The Kier molecular flexibility index (Phi) is 3.06. The summed E-state index contributed by atoms with van der Waals surface area (Å²) >= 11 is 0. The largest absolute Gasteiger partial charge is 0.330 e. The van der Waals surface area contributed by atoms with Gasteiger partial charge in [0.2, 0.25) is 0 Å². The monoisotopic (exact) mass is 155 g/mol. The SMILES string of the molecule is CCC(=O)C1CCCC1CN. The van der Waals surface area contributed by atoms with Crippen molar-refractivity contribution < 1.29 is 4.79 Å². The van der Waals surface area contributed by atoms with E-state index in [1.807, 2.05) is 6.92 Å². The van der Waals surface area contributed by atoms with E-state index in [0.29, 0.717) is 30.6 Å². The molecule has 2 nitrogen and oxygen atoms in total. The molecule has 1 fully saturated rings. The Labute approximate surface area is 68.2 Å². The van der Waals surface area contributed by atoms with Crippen LogP contribution in [0.15, 0.2) is 0 Å². The minimum Gasteiger partial charge on any atom is -0.330 e. The molecule has 2 atom stereocenters. The van der Waals surface area contributed by atoms with E-state index < -0.39 is 0 Å². The number of hydrogen-bond donors (Lipinski definition) is 1. The number of hydrogen-bond acceptors (Lipinski definition) is 2. The van der Waals surface area contributed by atoms with E-state index >= 15 is 0 Å². The summed E-state index contributed by atoms with van der Waals surface area (Å²) in [6, 6.07) is 0. The van der Waals surface area contributed by atoms with Gasteiger partial charge >= 0.3 is 0 Å². The summed E-state index contributed by atoms with van der Waals surface area (Å²) in [5.41, 5.74) is 5.56. The van der Waals surface area contributed by atoms with Crippen LogP contribution in [0, 0.1) is 11.8 Å². The molecule has 2 N–H and O–H groups in total. The summed E-state index contributed by atoms with van der Waals surface area (Å²) in [4.78, 5) is 11.3. The molecular formula is C9H17NO. The van der Waals surface area contributed by atoms with Crippen LogP contribution in [0.25, 0.3) is 0 Å². The topological polar surface area (TPSA) is 43.1 Å². The van der Waals surface area contributed by atoms with Gasteiger partial charge in [-0.3, -0.25) is 4.79 Å². The quantitative estimate of drug-likeness (QED) is 0.668. The molecule has 1 rings (SSSR count). The normalized spacial score (nSPS) is 30.7. The Hall–Kier alpha value is -0.370. The highest BCUT2D eigenvalue weighted by Gasteiger charge is 2.30. The molecule has 0 heterocycles. The van der Waals surface area contributed by atoms with Crippen molar-refractivity contribution in [2.45, 2.75) is 32.6 Å². The zero-order chi connectivity index (χ0) is 8.27. The molecule has 1 saturated carbocycles. The maximum absolute atomic E-state index is 11.3. The number of ketones is 1. The highest BCUT2D eigenvalue weighted by molar-refractivity contribution is 5.81. The summed E-state index contributed by atoms with van der Waals surface area (Å²) in [5.74, 6) is 1.20. The molecular weight excluding hydrogens is 138 g/mol. The highest BCUT2D eigenvalue weighted by atomic mass is 16.1. The van der Waals surface area contributed by atoms with Gasteiger partial charge in [-0.15, -0.1) is 0 Å². The smallest absolute Gasteiger partial charge is 0.136 e. The first kappa shape index (κ1) is 8.72. The van der Waals surface area contributed by atoms with Gasteiger partial charge in [-0.2, -0.15) is 0 Å². The lowest BCUT2D eigenvalue weighted by molar-refractivity contribution is -0.123. The average Bonchev–Trinajstić information content (AvgIpc) is 2.50. The average molecular weight is 155 g/mol. The predicted molar refractivity (Wildman–Crippen MR) is 45.2 cm³/mol. The zero-order valence-corrected chi connectivity index (χ0v) is 7.18. The van der Waals surface area contributed by atoms with Gasteiger partial charge in [-0.1, -0.05) is 13.3 Å². The molecule has 0 aromatic carbocycles. The summed E-state index contributed by atoms with van der Waals surface area (Å²) in [6.07, 6.45) is 4.11. The number of nitrogens with two attached hydrogens (primary N) is 1. The lowest BCUT2D eigenvalue weighted by Gasteiger charge is -2.14. The van der Waals surface area contributed by atoms with Crippen molar-refractivity contribution in [3.05, 3.63) is 0 Å². The Morgan fingerprint density at radius 3 is 2.82 bits per heavy atom. The first-order chi connectivity index (χ1) is 5.29. The molecule has 0 saturated heterocycles. The maximum atomic E-state index is 11.3. The molecule has 2 heteroatoms. The molecule has 0 radical (unpaired) electrons. The Morgan fingerprint density at radius 1 is 1.55 bits per heavy atom. The van der Waals surface area contributed by atoms with E-state index in [9.17, 15) is 4.79 Å². The van der Waals surface area contributed by atoms with Crippen molar-refractivity contribution in [2.75, 3.05) is 6.54 Å². The van der Waals surface area contributed by atoms with E-state index in [4.69, 9.17) is 5.73 Å². The van der Waals surface area contributed by atoms with E-state index in [0.717, 1.165) is 12.8 Å². The molecule has 0 spiro atoms. The molecule has 0 aromatic rings. The fourth-order valence-corrected chi connectivity index (χ4v) is 2.01. The van der Waals surface area contributed by atoms with E-state index in [2.05, 4.69) is 0 Å². The van der Waals surface area contributed by atoms with Crippen LogP contribution in [0.5, 0.6) is 0 Å². The first-order valence-electron chi connectivity index (χ1n) is 4.52. The van der Waals surface area contributed by atoms with Gasteiger partial charge in [0.25, 0.3) is 0 Å². The van der Waals surface area contributed by atoms with E-state index in [-0.39, 0.29) is 0 Å². The van der Waals surface area contributed by atoms with E-state index in [1.54, 1.807) is 0 Å². The molecule has 0 bridgehead atoms. The second-order valence-corrected chi connectivity index (χ2v) is 3.35. The van der Waals surface area contributed by atoms with Gasteiger partial charge in [-0.25, -0.2) is 0 Å². The van der Waals surface area contributed by atoms with Crippen LogP contribution in [-0.2, 0) is 4.79 Å². The van der Waals surface area contributed by atoms with Crippen LogP contribution in [0.4, 0.5) is 0 Å². The van der Waals surface area contributed by atoms with Crippen molar-refractivity contribution in [1.29, 1.82) is 0 Å². The molecule has 11 heavy (non-hydrogen) atoms. The minimum atomic E-state index is 0.296. The Morgan fingerprint density at radius 2 is 2.27 bits per heavy atom. The van der Waals surface area contributed by atoms with Crippen LogP contribution >= 0.6 is 0 Å². The van der Waals surface area contributed by atoms with Crippen molar-refractivity contribution in [3.63, 3.8) is 0 Å². The molecule has 0 aromatic heterocycles. The molecule has 2 unspecified atom stereocenters. The molecule has 0 amide bonds. The van der Waals surface area contributed by atoms with Crippen molar-refractivity contribution in [2.24, 2.45) is 17.6 Å². The number of rotatable bonds is 3. The second kappa shape index (κ2) is 3.86. The van der Waals surface area contributed by atoms with Gasteiger partial charge in [-0.05, 0) is 25.3 Å². The van der Waals surface area contributed by atoms with Crippen molar-refractivity contribution in [3.8, 4) is 0 Å². The van der Waals surface area contributed by atoms with Crippen LogP contribution in [-0.4, -0.2) is 12.3 Å². The van der Waals surface area contributed by atoms with Gasteiger partial charge < -0.3 is 5.73 Å². The van der Waals surface area contributed by atoms with Gasteiger partial charge in [0.05, 0.1) is 0 Å². The lowest BCUT2D eigenvalue weighted by atomic mass is 9.91. The van der Waals surface area contributed by atoms with Crippen molar-refractivity contribution in [1.82, 2.24) is 0 Å². The van der Waals surface area contributed by atoms with Crippen LogP contribution in [0.3, 0.4) is 0 Å². The number of carbonyl (C=O) groups is 1. The lowest BCUT2D eigenvalue weighted by Crippen LogP contribution is -2.24. The van der Waals surface area contributed by atoms with Crippen molar-refractivity contribution >= 4 is 5.78 Å². The highest BCUT2D eigenvalue weighted by Crippen LogP contribution is 2.32. The third-order valence-electron chi connectivity index (χ3n) is 2.72. The molecule has 1 aliphatic carbocycles. The summed E-state index contributed by atoms with van der Waals surface area (Å²) in [7, 11) is 0. The third-order valence-corrected chi connectivity index (χ3v) is 2.72. The first-order valence-corrected chi connectivity index (χ1v) is 4.52. The van der Waals surface area contributed by atoms with E-state index in [1.165, 1.54) is 6.42 Å². The fraction of sp³-hybridized carbons (Fsp3) is 0.889. The minimum absolute atomic E-state index is 0.296. The second-order valence-electron chi connectivity index (χ2n) is 3.35. The van der Waals surface area contributed by atoms with Gasteiger partial charge in [0.1, 0.15) is 5.78 Å². The van der Waals surface area contributed by atoms with Gasteiger partial charge in [0, 0.05) is 12.3 Å². The van der Waals surface area contributed by atoms with Crippen LogP contribution in [0.1, 0.15) is 32.6 Å². The van der Waals surface area contributed by atoms with Crippen LogP contribution < -0.4 is 5.73 Å². The number of Topliss-reactive ketones (excluding diaryl/α,β-unsaturated/α-hetero) is 1. The molecule has 0 aliphatic heterocycles. The summed E-state index contributed by atoms with van der Waals surface area (Å²) in [6.45, 7) is 2.63. The Bertz CT molecular complexity index is 144. The summed E-state index contributed by atoms with van der Waals surface area (Å²) < 4.78 is 0. The van der Waals surface area contributed by atoms with Gasteiger partial charge in [0.15, 0.2) is 0 Å². The standard InChI is InChI=1S/C9H17NO/c1-2-9(11)8-5-3-4-7(8)6-10/h7-8H,2-6,10H2,1H3. The number of carbonyl (C=O) groups excluding carboxylic acids is 1. The van der Waals surface area contributed by atoms with Crippen LogP contribution in [0.2, 0.25) is 0 Å². The maximum Gasteiger partial charge on any atom is 0.136 e. The predicted octanol–water partition coefficient (Wildman–Crippen LogP) is 1.34.